The highest BCUT2D eigenvalue weighted by atomic mass is 32.1. The summed E-state index contributed by atoms with van der Waals surface area (Å²) in [4.78, 5) is 5.19. The third kappa shape index (κ3) is 5.08. The van der Waals surface area contributed by atoms with Gasteiger partial charge in [-0.2, -0.15) is 5.10 Å². The van der Waals surface area contributed by atoms with Crippen LogP contribution >= 0.6 is 11.3 Å². The predicted molar refractivity (Wildman–Crippen MR) is 112 cm³/mol. The van der Waals surface area contributed by atoms with Crippen molar-refractivity contribution in [3.63, 3.8) is 0 Å². The fourth-order valence-corrected chi connectivity index (χ4v) is 4.07. The summed E-state index contributed by atoms with van der Waals surface area (Å²) in [7, 11) is 1.74. The molecule has 2 aromatic heterocycles. The van der Waals surface area contributed by atoms with E-state index in [1.807, 2.05) is 23.7 Å². The van der Waals surface area contributed by atoms with Gasteiger partial charge in [0, 0.05) is 42.0 Å². The molecule has 1 atom stereocenters. The van der Waals surface area contributed by atoms with Crippen molar-refractivity contribution in [2.24, 2.45) is 4.99 Å². The normalized spacial score (nSPS) is 13.1. The summed E-state index contributed by atoms with van der Waals surface area (Å²) in [5.74, 6) is 0.698. The van der Waals surface area contributed by atoms with Gasteiger partial charge in [0.25, 0.3) is 0 Å². The molecular weight excluding hydrogens is 358 g/mol. The molecule has 7 heteroatoms. The summed E-state index contributed by atoms with van der Waals surface area (Å²) in [5, 5.41) is 22.6. The van der Waals surface area contributed by atoms with E-state index in [1.165, 1.54) is 15.8 Å². The first-order valence-corrected chi connectivity index (χ1v) is 10.0. The number of aliphatic hydroxyl groups is 1. The van der Waals surface area contributed by atoms with Gasteiger partial charge in [-0.25, -0.2) is 0 Å². The maximum absolute atomic E-state index is 10.5. The molecule has 3 aromatic rings. The van der Waals surface area contributed by atoms with Crippen molar-refractivity contribution in [1.29, 1.82) is 0 Å². The highest BCUT2D eigenvalue weighted by Crippen LogP contribution is 2.29. The van der Waals surface area contributed by atoms with Crippen molar-refractivity contribution < 1.29 is 5.11 Å². The van der Waals surface area contributed by atoms with Crippen LogP contribution < -0.4 is 10.6 Å². The van der Waals surface area contributed by atoms with E-state index < -0.39 is 6.10 Å². The zero-order chi connectivity index (χ0) is 19.2. The van der Waals surface area contributed by atoms with Crippen molar-refractivity contribution in [3.8, 4) is 0 Å². The molecule has 0 saturated carbocycles. The van der Waals surface area contributed by atoms with Gasteiger partial charge < -0.3 is 15.7 Å². The van der Waals surface area contributed by atoms with Gasteiger partial charge in [0.1, 0.15) is 6.10 Å². The summed E-state index contributed by atoms with van der Waals surface area (Å²) in [6, 6.07) is 12.3. The van der Waals surface area contributed by atoms with Gasteiger partial charge in [-0.15, -0.1) is 11.3 Å². The van der Waals surface area contributed by atoms with Gasteiger partial charge in [0.15, 0.2) is 5.96 Å². The number of fused-ring (bicyclic) bond motifs is 1. The Hall–Kier alpha value is -2.38. The van der Waals surface area contributed by atoms with E-state index in [1.54, 1.807) is 18.4 Å². The summed E-state index contributed by atoms with van der Waals surface area (Å²) in [6.07, 6.45) is 0.386. The number of aryl methyl sites for hydroxylation is 3. The van der Waals surface area contributed by atoms with E-state index in [4.69, 9.17) is 0 Å². The number of nitrogens with one attached hydrogen (secondary N) is 2. The number of guanidine groups is 1. The third-order valence-corrected chi connectivity index (χ3v) is 5.62. The minimum absolute atomic E-state index is 0.421. The Balaban J connectivity index is 1.43. The molecule has 1 aromatic carbocycles. The lowest BCUT2D eigenvalue weighted by Gasteiger charge is -2.14. The Labute approximate surface area is 163 Å². The van der Waals surface area contributed by atoms with E-state index >= 15 is 0 Å². The molecule has 2 heterocycles. The topological polar surface area (TPSA) is 74.5 Å². The Morgan fingerprint density at radius 2 is 2.07 bits per heavy atom. The van der Waals surface area contributed by atoms with Crippen LogP contribution in [-0.4, -0.2) is 41.0 Å². The highest BCUT2D eigenvalue weighted by molar-refractivity contribution is 7.19. The second-order valence-electron chi connectivity index (χ2n) is 6.59. The van der Waals surface area contributed by atoms with Crippen molar-refractivity contribution in [2.45, 2.75) is 32.9 Å². The second-order valence-corrected chi connectivity index (χ2v) is 7.70. The first-order valence-electron chi connectivity index (χ1n) is 9.19. The molecule has 0 aliphatic rings. The Morgan fingerprint density at radius 3 is 2.78 bits per heavy atom. The van der Waals surface area contributed by atoms with Crippen molar-refractivity contribution in [1.82, 2.24) is 20.4 Å². The average molecular weight is 386 g/mol. The van der Waals surface area contributed by atoms with E-state index in [-0.39, 0.29) is 0 Å². The Morgan fingerprint density at radius 1 is 1.26 bits per heavy atom. The molecule has 3 rings (SSSR count). The number of aliphatic hydroxyl groups excluding tert-OH is 1. The third-order valence-electron chi connectivity index (χ3n) is 4.40. The van der Waals surface area contributed by atoms with Gasteiger partial charge in [0.05, 0.1) is 5.69 Å². The maximum atomic E-state index is 10.5. The maximum Gasteiger partial charge on any atom is 0.191 e. The minimum Gasteiger partial charge on any atom is -0.386 e. The fraction of sp³-hybridized carbons (Fsp3) is 0.400. The molecule has 0 bridgehead atoms. The quantitative estimate of drug-likeness (QED) is 0.332. The molecule has 0 radical (unpaired) electrons. The number of benzene rings is 1. The van der Waals surface area contributed by atoms with Gasteiger partial charge in [0.2, 0.25) is 0 Å². The smallest absolute Gasteiger partial charge is 0.191 e. The highest BCUT2D eigenvalue weighted by Gasteiger charge is 2.12. The van der Waals surface area contributed by atoms with Crippen molar-refractivity contribution >= 4 is 27.4 Å². The predicted octanol–water partition coefficient (Wildman–Crippen LogP) is 3.00. The molecule has 1 unspecified atom stereocenters. The number of hydrogen-bond donors (Lipinski definition) is 3. The van der Waals surface area contributed by atoms with Gasteiger partial charge in [-0.3, -0.25) is 9.67 Å². The SMILES string of the molecule is CN=C(NCCCn1nc(C)cc1C)NCC(O)c1cc2ccccc2s1. The molecule has 3 N–H and O–H groups in total. The fourth-order valence-electron chi connectivity index (χ4n) is 3.02. The van der Waals surface area contributed by atoms with Gasteiger partial charge in [-0.1, -0.05) is 18.2 Å². The first-order chi connectivity index (χ1) is 13.1. The number of thiophene rings is 1. The van der Waals surface area contributed by atoms with Crippen LogP contribution in [0.25, 0.3) is 10.1 Å². The Kier molecular flexibility index (Phi) is 6.47. The molecular formula is C20H27N5OS. The van der Waals surface area contributed by atoms with Crippen LogP contribution in [0.5, 0.6) is 0 Å². The average Bonchev–Trinajstić information content (AvgIpc) is 3.23. The molecule has 0 spiro atoms. The van der Waals surface area contributed by atoms with E-state index in [0.717, 1.165) is 30.1 Å². The molecule has 0 aliphatic carbocycles. The van der Waals surface area contributed by atoms with Crippen LogP contribution in [0.15, 0.2) is 41.4 Å². The van der Waals surface area contributed by atoms with Gasteiger partial charge >= 0.3 is 0 Å². The molecule has 0 saturated heterocycles. The zero-order valence-electron chi connectivity index (χ0n) is 16.1. The molecule has 0 aliphatic heterocycles. The summed E-state index contributed by atoms with van der Waals surface area (Å²) in [6.45, 7) is 6.16. The van der Waals surface area contributed by atoms with E-state index in [9.17, 15) is 5.11 Å². The molecule has 144 valence electrons. The van der Waals surface area contributed by atoms with Crippen LogP contribution in [-0.2, 0) is 6.54 Å². The Bertz CT molecular complexity index is 881. The van der Waals surface area contributed by atoms with Crippen molar-refractivity contribution in [2.75, 3.05) is 20.1 Å². The van der Waals surface area contributed by atoms with Crippen LogP contribution in [0, 0.1) is 13.8 Å². The lowest BCUT2D eigenvalue weighted by molar-refractivity contribution is 0.184. The molecule has 0 amide bonds. The number of aliphatic imine (C=N–C) groups is 1. The number of rotatable bonds is 7. The summed E-state index contributed by atoms with van der Waals surface area (Å²) < 4.78 is 3.22. The molecule has 6 nitrogen and oxygen atoms in total. The van der Waals surface area contributed by atoms with Crippen molar-refractivity contribution in [3.05, 3.63) is 52.7 Å². The van der Waals surface area contributed by atoms with Crippen LogP contribution in [0.3, 0.4) is 0 Å². The largest absolute Gasteiger partial charge is 0.386 e. The lowest BCUT2D eigenvalue weighted by Crippen LogP contribution is -2.39. The van der Waals surface area contributed by atoms with Crippen LogP contribution in [0.4, 0.5) is 0 Å². The van der Waals surface area contributed by atoms with E-state index in [0.29, 0.717) is 12.5 Å². The van der Waals surface area contributed by atoms with E-state index in [2.05, 4.69) is 51.9 Å². The minimum atomic E-state index is -0.560. The standard InChI is InChI=1S/C20H27N5OS/c1-14-11-15(2)25(24-14)10-6-9-22-20(21-3)23-13-17(26)19-12-16-7-4-5-8-18(16)27-19/h4-5,7-8,11-12,17,26H,6,9-10,13H2,1-3H3,(H2,21,22,23). The summed E-state index contributed by atoms with van der Waals surface area (Å²) >= 11 is 1.63. The van der Waals surface area contributed by atoms with Crippen LogP contribution in [0.1, 0.15) is 28.8 Å². The monoisotopic (exact) mass is 385 g/mol. The summed E-state index contributed by atoms with van der Waals surface area (Å²) in [5.41, 5.74) is 2.23. The zero-order valence-corrected chi connectivity index (χ0v) is 16.9. The first kappa shape index (κ1) is 19.4. The number of nitrogens with zero attached hydrogens (tertiary/aromatic N) is 3. The molecule has 27 heavy (non-hydrogen) atoms. The molecule has 0 fully saturated rings. The lowest BCUT2D eigenvalue weighted by atomic mass is 10.2. The number of aromatic nitrogens is 2. The van der Waals surface area contributed by atoms with Crippen LogP contribution in [0.2, 0.25) is 0 Å². The number of hydrogen-bond acceptors (Lipinski definition) is 4. The van der Waals surface area contributed by atoms with Gasteiger partial charge in [-0.05, 0) is 43.9 Å². The second kappa shape index (κ2) is 9.01.